The van der Waals surface area contributed by atoms with E-state index in [1.165, 1.54) is 16.4 Å². The molecule has 0 spiro atoms. The molecule has 0 aliphatic heterocycles. The first-order valence-electron chi connectivity index (χ1n) is 6.99. The third kappa shape index (κ3) is 3.60. The second kappa shape index (κ2) is 6.83. The van der Waals surface area contributed by atoms with Gasteiger partial charge in [-0.2, -0.15) is 4.31 Å². The van der Waals surface area contributed by atoms with Crippen LogP contribution in [0.2, 0.25) is 0 Å². The zero-order valence-electron chi connectivity index (χ0n) is 11.7. The molecule has 116 valence electrons. The lowest BCUT2D eigenvalue weighted by molar-refractivity contribution is 0.226. The molecule has 1 aromatic rings. The maximum Gasteiger partial charge on any atom is 0.243 e. The van der Waals surface area contributed by atoms with E-state index in [9.17, 15) is 13.5 Å². The van der Waals surface area contributed by atoms with E-state index >= 15 is 0 Å². The Kier molecular flexibility index (Phi) is 5.32. The number of aliphatic hydroxyl groups is 1. The second-order valence-electron chi connectivity index (χ2n) is 5.17. The van der Waals surface area contributed by atoms with Crippen LogP contribution in [0.15, 0.2) is 29.2 Å². The molecule has 1 aliphatic carbocycles. The van der Waals surface area contributed by atoms with Crippen LogP contribution in [0, 0.1) is 0 Å². The normalized spacial score (nSPS) is 16.5. The summed E-state index contributed by atoms with van der Waals surface area (Å²) in [7, 11) is -3.60. The van der Waals surface area contributed by atoms with Crippen molar-refractivity contribution in [2.45, 2.75) is 36.6 Å². The van der Waals surface area contributed by atoms with Crippen LogP contribution < -0.4 is 5.73 Å². The van der Waals surface area contributed by atoms with Crippen LogP contribution in [0.25, 0.3) is 0 Å². The first-order valence-corrected chi connectivity index (χ1v) is 8.84. The van der Waals surface area contributed by atoms with Gasteiger partial charge in [0.25, 0.3) is 0 Å². The fourth-order valence-corrected chi connectivity index (χ4v) is 4.53. The van der Waals surface area contributed by atoms with Gasteiger partial charge in [0.15, 0.2) is 0 Å². The predicted octanol–water partition coefficient (Wildman–Crippen LogP) is 1.25. The van der Waals surface area contributed by atoms with Gasteiger partial charge in [-0.3, -0.25) is 0 Å². The monoisotopic (exact) mass is 328 g/mol. The molecular weight excluding hydrogens is 308 g/mol. The average Bonchev–Trinajstić information content (AvgIpc) is 2.98. The summed E-state index contributed by atoms with van der Waals surface area (Å²) in [6, 6.07) is 6.24. The van der Waals surface area contributed by atoms with Crippen LogP contribution in [0.3, 0.4) is 0 Å². The third-order valence-corrected chi connectivity index (χ3v) is 6.00. The van der Waals surface area contributed by atoms with Crippen molar-refractivity contribution in [3.63, 3.8) is 0 Å². The number of nitrogens with two attached hydrogens (primary N) is 1. The Morgan fingerprint density at radius 2 is 1.86 bits per heavy atom. The molecule has 0 unspecified atom stereocenters. The highest BCUT2D eigenvalue weighted by atomic mass is 32.2. The number of hydrogen-bond donors (Lipinski definition) is 2. The molecular formula is C14H20N2O3S2. The van der Waals surface area contributed by atoms with Crippen molar-refractivity contribution in [3.05, 3.63) is 29.8 Å². The van der Waals surface area contributed by atoms with E-state index in [0.717, 1.165) is 25.7 Å². The minimum atomic E-state index is -3.60. The zero-order valence-corrected chi connectivity index (χ0v) is 13.4. The van der Waals surface area contributed by atoms with E-state index in [4.69, 9.17) is 18.0 Å². The average molecular weight is 328 g/mol. The smallest absolute Gasteiger partial charge is 0.243 e. The summed E-state index contributed by atoms with van der Waals surface area (Å²) < 4.78 is 26.9. The summed E-state index contributed by atoms with van der Waals surface area (Å²) in [5, 5.41) is 9.18. The topological polar surface area (TPSA) is 83.6 Å². The van der Waals surface area contributed by atoms with Crippen LogP contribution >= 0.6 is 12.2 Å². The van der Waals surface area contributed by atoms with Gasteiger partial charge in [-0.15, -0.1) is 0 Å². The molecule has 21 heavy (non-hydrogen) atoms. The molecule has 7 heteroatoms. The van der Waals surface area contributed by atoms with Crippen molar-refractivity contribution in [1.29, 1.82) is 0 Å². The van der Waals surface area contributed by atoms with Crippen LogP contribution in [-0.2, 0) is 10.0 Å². The number of aliphatic hydroxyl groups excluding tert-OH is 1. The summed E-state index contributed by atoms with van der Waals surface area (Å²) in [4.78, 5) is 0.449. The first kappa shape index (κ1) is 16.4. The molecule has 0 amide bonds. The molecule has 0 radical (unpaired) electrons. The lowest BCUT2D eigenvalue weighted by Gasteiger charge is -2.27. The molecule has 0 aromatic heterocycles. The molecule has 1 fully saturated rings. The van der Waals surface area contributed by atoms with Crippen molar-refractivity contribution in [2.24, 2.45) is 5.73 Å². The molecule has 0 heterocycles. The van der Waals surface area contributed by atoms with Gasteiger partial charge in [0.1, 0.15) is 4.99 Å². The van der Waals surface area contributed by atoms with Crippen molar-refractivity contribution in [2.75, 3.05) is 13.2 Å². The third-order valence-electron chi connectivity index (χ3n) is 3.80. The van der Waals surface area contributed by atoms with Gasteiger partial charge < -0.3 is 10.8 Å². The quantitative estimate of drug-likeness (QED) is 0.768. The Morgan fingerprint density at radius 3 is 2.33 bits per heavy atom. The van der Waals surface area contributed by atoms with E-state index in [0.29, 0.717) is 5.56 Å². The van der Waals surface area contributed by atoms with Crippen molar-refractivity contribution in [3.8, 4) is 0 Å². The molecule has 0 bridgehead atoms. The Labute approximate surface area is 130 Å². The number of hydrogen-bond acceptors (Lipinski definition) is 4. The van der Waals surface area contributed by atoms with Gasteiger partial charge in [-0.25, -0.2) is 8.42 Å². The summed E-state index contributed by atoms with van der Waals surface area (Å²) in [6.45, 7) is -0.0508. The summed E-state index contributed by atoms with van der Waals surface area (Å²) in [5.41, 5.74) is 6.16. The fraction of sp³-hybridized carbons (Fsp3) is 0.500. The molecule has 3 N–H and O–H groups in total. The summed E-state index contributed by atoms with van der Waals surface area (Å²) in [6.07, 6.45) is 3.76. The van der Waals surface area contributed by atoms with E-state index in [-0.39, 0.29) is 29.1 Å². The number of sulfonamides is 1. The van der Waals surface area contributed by atoms with Crippen molar-refractivity contribution >= 4 is 27.2 Å². The van der Waals surface area contributed by atoms with E-state index in [1.807, 2.05) is 0 Å². The minimum Gasteiger partial charge on any atom is -0.395 e. The number of thiocarbonyl (C=S) groups is 1. The first-order chi connectivity index (χ1) is 9.96. The number of nitrogens with zero attached hydrogens (tertiary/aromatic N) is 1. The maximum absolute atomic E-state index is 12.7. The van der Waals surface area contributed by atoms with Crippen molar-refractivity contribution < 1.29 is 13.5 Å². The highest BCUT2D eigenvalue weighted by Crippen LogP contribution is 2.28. The van der Waals surface area contributed by atoms with Gasteiger partial charge in [0.2, 0.25) is 10.0 Å². The lowest BCUT2D eigenvalue weighted by Crippen LogP contribution is -2.40. The number of benzene rings is 1. The molecule has 5 nitrogen and oxygen atoms in total. The number of rotatable bonds is 6. The fourth-order valence-electron chi connectivity index (χ4n) is 2.72. The van der Waals surface area contributed by atoms with Gasteiger partial charge in [0.05, 0.1) is 11.5 Å². The van der Waals surface area contributed by atoms with Crippen LogP contribution in [0.5, 0.6) is 0 Å². The van der Waals surface area contributed by atoms with Crippen LogP contribution in [0.1, 0.15) is 31.2 Å². The van der Waals surface area contributed by atoms with E-state index in [2.05, 4.69) is 0 Å². The minimum absolute atomic E-state index is 0.0163. The highest BCUT2D eigenvalue weighted by molar-refractivity contribution is 7.89. The Balaban J connectivity index is 2.30. The Bertz CT molecular complexity index is 593. The summed E-state index contributed by atoms with van der Waals surface area (Å²) in [5.74, 6) is 0. The van der Waals surface area contributed by atoms with Gasteiger partial charge in [0, 0.05) is 18.2 Å². The maximum atomic E-state index is 12.7. The zero-order chi connectivity index (χ0) is 15.5. The van der Waals surface area contributed by atoms with E-state index < -0.39 is 10.0 Å². The van der Waals surface area contributed by atoms with Gasteiger partial charge >= 0.3 is 0 Å². The van der Waals surface area contributed by atoms with Crippen LogP contribution in [-0.4, -0.2) is 42.0 Å². The second-order valence-corrected chi connectivity index (χ2v) is 7.50. The Morgan fingerprint density at radius 1 is 1.29 bits per heavy atom. The molecule has 0 atom stereocenters. The van der Waals surface area contributed by atoms with Gasteiger partial charge in [-0.1, -0.05) is 37.2 Å². The van der Waals surface area contributed by atoms with E-state index in [1.54, 1.807) is 12.1 Å². The molecule has 1 saturated carbocycles. The molecule has 2 rings (SSSR count). The Hall–Kier alpha value is -1.02. The molecule has 1 aliphatic rings. The largest absolute Gasteiger partial charge is 0.395 e. The highest BCUT2D eigenvalue weighted by Gasteiger charge is 2.32. The van der Waals surface area contributed by atoms with Gasteiger partial charge in [-0.05, 0) is 25.0 Å². The standard InChI is InChI=1S/C14H20N2O3S2/c15-14(20)11-5-7-13(8-6-11)21(18,19)16(9-10-17)12-3-1-2-4-12/h5-8,12,17H,1-4,9-10H2,(H2,15,20). The van der Waals surface area contributed by atoms with Crippen molar-refractivity contribution in [1.82, 2.24) is 4.31 Å². The molecule has 1 aromatic carbocycles. The SMILES string of the molecule is NC(=S)c1ccc(S(=O)(=O)N(CCO)C2CCCC2)cc1. The van der Waals surface area contributed by atoms with Crippen LogP contribution in [0.4, 0.5) is 0 Å². The predicted molar refractivity (Wildman–Crippen MR) is 85.6 cm³/mol. The molecule has 0 saturated heterocycles. The summed E-state index contributed by atoms with van der Waals surface area (Å²) >= 11 is 4.86. The lowest BCUT2D eigenvalue weighted by atomic mass is 10.2.